The van der Waals surface area contributed by atoms with Gasteiger partial charge in [-0.3, -0.25) is 9.52 Å². The molecule has 0 spiro atoms. The molecule has 0 aliphatic carbocycles. The van der Waals surface area contributed by atoms with Crippen molar-refractivity contribution in [2.75, 3.05) is 4.72 Å². The van der Waals surface area contributed by atoms with Crippen LogP contribution in [0.3, 0.4) is 0 Å². The van der Waals surface area contributed by atoms with E-state index in [2.05, 4.69) is 0 Å². The number of benzene rings is 2. The van der Waals surface area contributed by atoms with Crippen LogP contribution in [0.1, 0.15) is 42.3 Å². The molecule has 0 atom stereocenters. The van der Waals surface area contributed by atoms with Gasteiger partial charge in [0, 0.05) is 0 Å². The maximum Gasteiger partial charge on any atom is 0.454 e. The van der Waals surface area contributed by atoms with Crippen molar-refractivity contribution >= 4 is 21.5 Å². The molecule has 0 bridgehead atoms. The fourth-order valence-electron chi connectivity index (χ4n) is 2.61. The number of rotatable bonds is 4. The van der Waals surface area contributed by atoms with E-state index in [1.807, 2.05) is 4.72 Å². The Morgan fingerprint density at radius 3 is 2.14 bits per heavy atom. The first-order chi connectivity index (χ1) is 12.6. The summed E-state index contributed by atoms with van der Waals surface area (Å²) in [7, 11) is -4.35. The van der Waals surface area contributed by atoms with E-state index in [9.17, 15) is 30.8 Å². The number of Topliss-reactive ketones (excluding diaryl/α,β-unsaturated/α-hetero) is 1. The minimum Gasteiger partial charge on any atom is -0.284 e. The molecule has 0 aromatic heterocycles. The minimum absolute atomic E-state index is 0.139. The number of carbonyl (C=O) groups excluding carboxylic acids is 1. The quantitative estimate of drug-likeness (QED) is 0.564. The van der Waals surface area contributed by atoms with Crippen LogP contribution >= 0.6 is 0 Å². The minimum atomic E-state index is -5.28. The van der Waals surface area contributed by atoms with E-state index in [4.69, 9.17) is 0 Å². The standard InChI is InChI=1S/C19H19F4NO3S/c1-11-5-8-16(14(9-11)18(2,3)4)28(26,27)24-15-7-6-12(20)10-13(15)17(25)19(21,22)23/h5-10,24H,1-4H3. The second-order valence-electron chi connectivity index (χ2n) is 7.37. The van der Waals surface area contributed by atoms with Crippen molar-refractivity contribution in [3.05, 3.63) is 58.9 Å². The number of alkyl halides is 3. The van der Waals surface area contributed by atoms with Gasteiger partial charge in [-0.1, -0.05) is 38.5 Å². The van der Waals surface area contributed by atoms with Gasteiger partial charge in [-0.05, 0) is 42.2 Å². The summed E-state index contributed by atoms with van der Waals surface area (Å²) >= 11 is 0. The Kier molecular flexibility index (Phi) is 5.62. The van der Waals surface area contributed by atoms with Crippen molar-refractivity contribution in [1.82, 2.24) is 0 Å². The molecular formula is C19H19F4NO3S. The molecule has 0 heterocycles. The number of anilines is 1. The number of aryl methyl sites for hydroxylation is 1. The number of sulfonamides is 1. The highest BCUT2D eigenvalue weighted by Gasteiger charge is 2.41. The maximum absolute atomic E-state index is 13.4. The van der Waals surface area contributed by atoms with Crippen molar-refractivity contribution in [3.63, 3.8) is 0 Å². The number of hydrogen-bond donors (Lipinski definition) is 1. The topological polar surface area (TPSA) is 63.2 Å². The number of hydrogen-bond acceptors (Lipinski definition) is 3. The lowest BCUT2D eigenvalue weighted by atomic mass is 9.86. The fourth-order valence-corrected chi connectivity index (χ4v) is 4.09. The molecule has 0 unspecified atom stereocenters. The van der Waals surface area contributed by atoms with E-state index in [0.717, 1.165) is 17.7 Å². The molecule has 2 rings (SSSR count). The Morgan fingerprint density at radius 2 is 1.61 bits per heavy atom. The third-order valence-corrected chi connectivity index (χ3v) is 5.38. The van der Waals surface area contributed by atoms with Gasteiger partial charge in [0.25, 0.3) is 15.8 Å². The molecule has 2 aromatic rings. The summed E-state index contributed by atoms with van der Waals surface area (Å²) < 4.78 is 79.7. The van der Waals surface area contributed by atoms with Gasteiger partial charge in [0.2, 0.25) is 0 Å². The molecule has 4 nitrogen and oxygen atoms in total. The third kappa shape index (κ3) is 4.70. The predicted octanol–water partition coefficient (Wildman–Crippen LogP) is 4.98. The van der Waals surface area contributed by atoms with Gasteiger partial charge in [0.15, 0.2) is 0 Å². The number of halogens is 4. The molecule has 0 aliphatic rings. The van der Waals surface area contributed by atoms with Crippen molar-refractivity contribution in [3.8, 4) is 0 Å². The van der Waals surface area contributed by atoms with E-state index in [1.165, 1.54) is 6.07 Å². The zero-order chi connectivity index (χ0) is 21.5. The Balaban J connectivity index is 2.60. The highest BCUT2D eigenvalue weighted by atomic mass is 32.2. The van der Waals surface area contributed by atoms with Crippen LogP contribution in [0.5, 0.6) is 0 Å². The predicted molar refractivity (Wildman–Crippen MR) is 97.5 cm³/mol. The number of carbonyl (C=O) groups is 1. The van der Waals surface area contributed by atoms with E-state index in [-0.39, 0.29) is 4.90 Å². The lowest BCUT2D eigenvalue weighted by Crippen LogP contribution is -2.26. The molecule has 2 aromatic carbocycles. The second-order valence-corrected chi connectivity index (χ2v) is 9.02. The number of ketones is 1. The zero-order valence-corrected chi connectivity index (χ0v) is 16.4. The van der Waals surface area contributed by atoms with Crippen LogP contribution in [0.4, 0.5) is 23.2 Å². The summed E-state index contributed by atoms with van der Waals surface area (Å²) in [6.07, 6.45) is -5.28. The molecule has 0 saturated heterocycles. The summed E-state index contributed by atoms with van der Waals surface area (Å²) in [5, 5.41) is 0. The molecule has 28 heavy (non-hydrogen) atoms. The van der Waals surface area contributed by atoms with Gasteiger partial charge in [0.1, 0.15) is 5.82 Å². The van der Waals surface area contributed by atoms with Gasteiger partial charge in [0.05, 0.1) is 16.1 Å². The highest BCUT2D eigenvalue weighted by Crippen LogP contribution is 2.33. The van der Waals surface area contributed by atoms with Crippen LogP contribution in [0.15, 0.2) is 41.3 Å². The lowest BCUT2D eigenvalue weighted by molar-refractivity contribution is -0.0884. The van der Waals surface area contributed by atoms with Crippen molar-refractivity contribution in [1.29, 1.82) is 0 Å². The van der Waals surface area contributed by atoms with Crippen LogP contribution in [-0.2, 0) is 15.4 Å². The van der Waals surface area contributed by atoms with Gasteiger partial charge in [-0.15, -0.1) is 0 Å². The normalized spacial score (nSPS) is 12.7. The second kappa shape index (κ2) is 7.20. The van der Waals surface area contributed by atoms with Gasteiger partial charge >= 0.3 is 6.18 Å². The Labute approximate surface area is 160 Å². The van der Waals surface area contributed by atoms with Gasteiger partial charge in [-0.2, -0.15) is 13.2 Å². The van der Waals surface area contributed by atoms with Crippen molar-refractivity contribution in [2.45, 2.75) is 44.2 Å². The average molecular weight is 417 g/mol. The van der Waals surface area contributed by atoms with Gasteiger partial charge in [-0.25, -0.2) is 12.8 Å². The summed E-state index contributed by atoms with van der Waals surface area (Å²) in [4.78, 5) is 11.5. The Hall–Kier alpha value is -2.42. The zero-order valence-electron chi connectivity index (χ0n) is 15.6. The molecule has 9 heteroatoms. The van der Waals surface area contributed by atoms with Crippen molar-refractivity contribution in [2.24, 2.45) is 0 Å². The van der Waals surface area contributed by atoms with E-state index >= 15 is 0 Å². The maximum atomic E-state index is 13.4. The summed E-state index contributed by atoms with van der Waals surface area (Å²) in [5.74, 6) is -3.44. The highest BCUT2D eigenvalue weighted by molar-refractivity contribution is 7.92. The molecule has 1 N–H and O–H groups in total. The first-order valence-corrected chi connectivity index (χ1v) is 9.66. The average Bonchev–Trinajstić information content (AvgIpc) is 2.53. The summed E-state index contributed by atoms with van der Waals surface area (Å²) in [6, 6.07) is 6.47. The van der Waals surface area contributed by atoms with Crippen LogP contribution in [0.2, 0.25) is 0 Å². The van der Waals surface area contributed by atoms with Crippen LogP contribution in [0.25, 0.3) is 0 Å². The molecule has 0 saturated carbocycles. The molecule has 0 radical (unpaired) electrons. The summed E-state index contributed by atoms with van der Waals surface area (Å²) in [6.45, 7) is 7.14. The largest absolute Gasteiger partial charge is 0.454 e. The fraction of sp³-hybridized carbons (Fsp3) is 0.316. The first kappa shape index (κ1) is 21.9. The van der Waals surface area contributed by atoms with Crippen LogP contribution in [-0.4, -0.2) is 20.4 Å². The number of nitrogens with one attached hydrogen (secondary N) is 1. The first-order valence-electron chi connectivity index (χ1n) is 8.18. The van der Waals surface area contributed by atoms with Gasteiger partial charge < -0.3 is 0 Å². The van der Waals surface area contributed by atoms with Crippen LogP contribution < -0.4 is 4.72 Å². The monoisotopic (exact) mass is 417 g/mol. The third-order valence-electron chi connectivity index (χ3n) is 3.96. The van der Waals surface area contributed by atoms with Crippen molar-refractivity contribution < 1.29 is 30.8 Å². The Bertz CT molecular complexity index is 1020. The van der Waals surface area contributed by atoms with E-state index in [0.29, 0.717) is 11.6 Å². The summed E-state index contributed by atoms with van der Waals surface area (Å²) in [5.41, 5.74) is -1.09. The molecule has 152 valence electrons. The Morgan fingerprint density at radius 1 is 1.00 bits per heavy atom. The SMILES string of the molecule is Cc1ccc(S(=O)(=O)Nc2ccc(F)cc2C(=O)C(F)(F)F)c(C(C)(C)C)c1. The smallest absolute Gasteiger partial charge is 0.284 e. The molecule has 0 amide bonds. The molecule has 0 fully saturated rings. The molecular weight excluding hydrogens is 398 g/mol. The van der Waals surface area contributed by atoms with Crippen LogP contribution in [0, 0.1) is 12.7 Å². The van der Waals surface area contributed by atoms with E-state index in [1.54, 1.807) is 39.8 Å². The lowest BCUT2D eigenvalue weighted by Gasteiger charge is -2.24. The molecule has 0 aliphatic heterocycles. The van der Waals surface area contributed by atoms with E-state index < -0.39 is 44.5 Å².